The van der Waals surface area contributed by atoms with Gasteiger partial charge in [0.25, 0.3) is 0 Å². The van der Waals surface area contributed by atoms with Crippen LogP contribution >= 0.6 is 0 Å². The van der Waals surface area contributed by atoms with Gasteiger partial charge in [0, 0.05) is 0 Å². The molecule has 0 aromatic carbocycles. The molecule has 156 valence electrons. The Morgan fingerprint density at radius 3 is 2.44 bits per heavy atom. The molecule has 0 bridgehead atoms. The molecular weight excluding hydrogens is 332 g/mol. The topological polar surface area (TPSA) is 40.5 Å². The van der Waals surface area contributed by atoms with Crippen molar-refractivity contribution < 1.29 is 10.2 Å². The van der Waals surface area contributed by atoms with Gasteiger partial charge < -0.3 is 10.2 Å². The van der Waals surface area contributed by atoms with Crippen LogP contribution in [0.25, 0.3) is 0 Å². The highest BCUT2D eigenvalue weighted by Crippen LogP contribution is 2.64. The minimum Gasteiger partial charge on any atom is -0.393 e. The second kappa shape index (κ2) is 7.98. The molecule has 2 N–H and O–H groups in total. The van der Waals surface area contributed by atoms with Crippen LogP contribution in [0.5, 0.6) is 0 Å². The van der Waals surface area contributed by atoms with Crippen molar-refractivity contribution in [2.24, 2.45) is 46.8 Å². The zero-order chi connectivity index (χ0) is 19.2. The van der Waals surface area contributed by atoms with E-state index in [1.54, 1.807) is 0 Å². The fourth-order valence-electron chi connectivity index (χ4n) is 8.30. The third-order valence-electron chi connectivity index (χ3n) is 9.76. The second-order valence-corrected chi connectivity index (χ2v) is 11.6. The van der Waals surface area contributed by atoms with E-state index >= 15 is 0 Å². The third kappa shape index (κ3) is 3.87. The Morgan fingerprint density at radius 2 is 1.67 bits per heavy atom. The van der Waals surface area contributed by atoms with E-state index in [1.807, 2.05) is 0 Å². The lowest BCUT2D eigenvalue weighted by atomic mass is 9.49. The second-order valence-electron chi connectivity index (χ2n) is 11.6. The van der Waals surface area contributed by atoms with Crippen molar-refractivity contribution in [1.82, 2.24) is 0 Å². The first-order valence-corrected chi connectivity index (χ1v) is 12.2. The summed E-state index contributed by atoms with van der Waals surface area (Å²) in [6.07, 6.45) is 14.9. The molecule has 0 spiro atoms. The van der Waals surface area contributed by atoms with Crippen LogP contribution in [0.3, 0.4) is 0 Å². The molecular formula is C25H44O2. The average molecular weight is 377 g/mol. The largest absolute Gasteiger partial charge is 0.393 e. The summed E-state index contributed by atoms with van der Waals surface area (Å²) in [6, 6.07) is 0. The van der Waals surface area contributed by atoms with E-state index in [-0.39, 0.29) is 12.2 Å². The van der Waals surface area contributed by atoms with E-state index in [2.05, 4.69) is 20.8 Å². The minimum atomic E-state index is -0.0822. The molecule has 4 saturated carbocycles. The number of rotatable bonds is 5. The maximum Gasteiger partial charge on any atom is 0.0543 e. The van der Waals surface area contributed by atoms with Crippen molar-refractivity contribution in [2.45, 2.75) is 110 Å². The zero-order valence-electron chi connectivity index (χ0n) is 18.1. The van der Waals surface area contributed by atoms with Crippen molar-refractivity contribution in [2.75, 3.05) is 0 Å². The molecule has 0 aromatic heterocycles. The van der Waals surface area contributed by atoms with Gasteiger partial charge in [0.2, 0.25) is 0 Å². The van der Waals surface area contributed by atoms with Crippen molar-refractivity contribution in [1.29, 1.82) is 0 Å². The van der Waals surface area contributed by atoms with Gasteiger partial charge in [0.15, 0.2) is 0 Å². The predicted octanol–water partition coefficient (Wildman–Crippen LogP) is 5.80. The molecule has 0 aliphatic heterocycles. The summed E-state index contributed by atoms with van der Waals surface area (Å²) >= 11 is 0. The van der Waals surface area contributed by atoms with E-state index in [0.717, 1.165) is 67.6 Å². The van der Waals surface area contributed by atoms with Gasteiger partial charge in [-0.3, -0.25) is 0 Å². The summed E-state index contributed by atoms with van der Waals surface area (Å²) in [5.41, 5.74) is 0.487. The van der Waals surface area contributed by atoms with Gasteiger partial charge in [0.1, 0.15) is 0 Å². The molecule has 9 atom stereocenters. The summed E-state index contributed by atoms with van der Waals surface area (Å²) in [4.78, 5) is 0. The minimum absolute atomic E-state index is 0.0140. The Labute approximate surface area is 167 Å². The van der Waals surface area contributed by atoms with E-state index in [1.165, 1.54) is 44.9 Å². The van der Waals surface area contributed by atoms with Crippen LogP contribution in [0.15, 0.2) is 0 Å². The summed E-state index contributed by atoms with van der Waals surface area (Å²) in [5, 5.41) is 20.8. The lowest BCUT2D eigenvalue weighted by molar-refractivity contribution is -0.0807. The molecule has 2 nitrogen and oxygen atoms in total. The molecule has 8 unspecified atom stereocenters. The molecule has 0 radical (unpaired) electrons. The Hall–Kier alpha value is -0.0800. The van der Waals surface area contributed by atoms with Gasteiger partial charge in [-0.25, -0.2) is 0 Å². The Kier molecular flexibility index (Phi) is 5.97. The van der Waals surface area contributed by atoms with Crippen molar-refractivity contribution in [3.8, 4) is 0 Å². The van der Waals surface area contributed by atoms with Crippen LogP contribution in [0.4, 0.5) is 0 Å². The standard InChI is InChI=1S/C25H44O2/c1-16(2)4-7-20(27)15-18-6-11-24-23-9-5-17-14-19(26)8-10-21(17)22(23)12-13-25(18,24)3/h16-24,26-27H,4-15H2,1-3H3/t17?,18-,19?,20?,21?,22?,23?,24?,25?/m1/s1. The third-order valence-corrected chi connectivity index (χ3v) is 9.76. The Morgan fingerprint density at radius 1 is 0.889 bits per heavy atom. The normalized spacial score (nSPS) is 48.0. The van der Waals surface area contributed by atoms with Crippen LogP contribution in [0.1, 0.15) is 97.8 Å². The van der Waals surface area contributed by atoms with E-state index in [9.17, 15) is 10.2 Å². The monoisotopic (exact) mass is 376 g/mol. The number of aliphatic hydroxyl groups excluding tert-OH is 2. The average Bonchev–Trinajstić information content (AvgIpc) is 2.96. The molecule has 0 heterocycles. The van der Waals surface area contributed by atoms with Crippen LogP contribution in [0, 0.1) is 46.8 Å². The van der Waals surface area contributed by atoms with Gasteiger partial charge in [-0.1, -0.05) is 20.8 Å². The quantitative estimate of drug-likeness (QED) is 0.636. The fourth-order valence-corrected chi connectivity index (χ4v) is 8.30. The number of hydrogen-bond acceptors (Lipinski definition) is 2. The molecule has 27 heavy (non-hydrogen) atoms. The molecule has 0 amide bonds. The Bertz CT molecular complexity index is 503. The van der Waals surface area contributed by atoms with Gasteiger partial charge in [0.05, 0.1) is 12.2 Å². The van der Waals surface area contributed by atoms with Gasteiger partial charge in [-0.15, -0.1) is 0 Å². The number of aliphatic hydroxyl groups is 2. The summed E-state index contributed by atoms with van der Waals surface area (Å²) in [5.74, 6) is 5.97. The van der Waals surface area contributed by atoms with E-state index < -0.39 is 0 Å². The number of hydrogen-bond donors (Lipinski definition) is 2. The molecule has 4 aliphatic carbocycles. The lowest BCUT2D eigenvalue weighted by Gasteiger charge is -2.56. The lowest BCUT2D eigenvalue weighted by Crippen LogP contribution is -2.49. The van der Waals surface area contributed by atoms with Gasteiger partial charge in [-0.05, 0) is 124 Å². The first-order valence-electron chi connectivity index (χ1n) is 12.2. The highest BCUT2D eigenvalue weighted by molar-refractivity contribution is 5.06. The Balaban J connectivity index is 1.41. The molecule has 4 aliphatic rings. The first kappa shape index (κ1) is 20.2. The maximum atomic E-state index is 10.7. The molecule has 4 fully saturated rings. The fraction of sp³-hybridized carbons (Fsp3) is 1.00. The zero-order valence-corrected chi connectivity index (χ0v) is 18.1. The van der Waals surface area contributed by atoms with Gasteiger partial charge >= 0.3 is 0 Å². The first-order chi connectivity index (χ1) is 12.9. The SMILES string of the molecule is CC(C)CCC(O)C[C@H]1CCC2C3CCC4CC(O)CCC4C3CCC21C. The van der Waals surface area contributed by atoms with Crippen LogP contribution in [-0.4, -0.2) is 22.4 Å². The van der Waals surface area contributed by atoms with Crippen molar-refractivity contribution >= 4 is 0 Å². The van der Waals surface area contributed by atoms with Crippen LogP contribution < -0.4 is 0 Å². The molecule has 0 saturated heterocycles. The molecule has 4 rings (SSSR count). The van der Waals surface area contributed by atoms with Crippen LogP contribution in [-0.2, 0) is 0 Å². The molecule has 2 heteroatoms. The highest BCUT2D eigenvalue weighted by atomic mass is 16.3. The molecule has 0 aromatic rings. The van der Waals surface area contributed by atoms with Crippen LogP contribution in [0.2, 0.25) is 0 Å². The van der Waals surface area contributed by atoms with Crippen molar-refractivity contribution in [3.63, 3.8) is 0 Å². The summed E-state index contributed by atoms with van der Waals surface area (Å²) in [7, 11) is 0. The number of fused-ring (bicyclic) bond motifs is 5. The smallest absolute Gasteiger partial charge is 0.0543 e. The van der Waals surface area contributed by atoms with Gasteiger partial charge in [-0.2, -0.15) is 0 Å². The summed E-state index contributed by atoms with van der Waals surface area (Å²) in [6.45, 7) is 7.13. The summed E-state index contributed by atoms with van der Waals surface area (Å²) < 4.78 is 0. The van der Waals surface area contributed by atoms with Crippen molar-refractivity contribution in [3.05, 3.63) is 0 Å². The predicted molar refractivity (Wildman–Crippen MR) is 111 cm³/mol. The highest BCUT2D eigenvalue weighted by Gasteiger charge is 2.56. The van der Waals surface area contributed by atoms with E-state index in [4.69, 9.17) is 0 Å². The maximum absolute atomic E-state index is 10.7. The van der Waals surface area contributed by atoms with E-state index in [0.29, 0.717) is 11.3 Å².